The number of rotatable bonds is 7. The maximum atomic E-state index is 14.1. The lowest BCUT2D eigenvalue weighted by molar-refractivity contribution is 0.0931. The van der Waals surface area contributed by atoms with Crippen LogP contribution in [-0.4, -0.2) is 49.6 Å². The lowest BCUT2D eigenvalue weighted by Crippen LogP contribution is -2.38. The Kier molecular flexibility index (Phi) is 6.42. The summed E-state index contributed by atoms with van der Waals surface area (Å²) in [4.78, 5) is 18.0. The van der Waals surface area contributed by atoms with Gasteiger partial charge in [0.15, 0.2) is 0 Å². The number of hydrogen-bond acceptors (Lipinski definition) is 4. The molecule has 0 atom stereocenters. The van der Waals surface area contributed by atoms with E-state index < -0.39 is 0 Å². The van der Waals surface area contributed by atoms with Gasteiger partial charge in [-0.1, -0.05) is 12.1 Å². The van der Waals surface area contributed by atoms with E-state index in [1.54, 1.807) is 19.2 Å². The maximum absolute atomic E-state index is 14.1. The molecule has 0 radical (unpaired) electrons. The number of ether oxygens (including phenoxy) is 2. The van der Waals surface area contributed by atoms with Crippen LogP contribution in [0.2, 0.25) is 0 Å². The lowest BCUT2D eigenvalue weighted by atomic mass is 9.96. The van der Waals surface area contributed by atoms with Crippen molar-refractivity contribution < 1.29 is 18.7 Å². The van der Waals surface area contributed by atoms with Crippen molar-refractivity contribution >= 4 is 16.8 Å². The van der Waals surface area contributed by atoms with Crippen LogP contribution in [0.5, 0.6) is 11.5 Å². The summed E-state index contributed by atoms with van der Waals surface area (Å²) in [5, 5.41) is 3.36. The van der Waals surface area contributed by atoms with Gasteiger partial charge in [-0.3, -0.25) is 9.69 Å². The molecule has 31 heavy (non-hydrogen) atoms. The molecule has 1 amide bonds. The van der Waals surface area contributed by atoms with E-state index in [1.807, 2.05) is 12.1 Å². The van der Waals surface area contributed by atoms with Crippen molar-refractivity contribution in [3.05, 3.63) is 59.5 Å². The molecule has 1 aliphatic rings. The average molecular weight is 426 g/mol. The zero-order valence-electron chi connectivity index (χ0n) is 17.9. The van der Waals surface area contributed by atoms with Crippen molar-refractivity contribution in [1.82, 2.24) is 15.2 Å². The minimum atomic E-state index is -0.379. The fraction of sp³-hybridized carbons (Fsp3) is 0.375. The second-order valence-corrected chi connectivity index (χ2v) is 8.00. The van der Waals surface area contributed by atoms with E-state index in [2.05, 4.69) is 27.3 Å². The molecule has 1 aliphatic heterocycles. The molecule has 0 aliphatic carbocycles. The number of carbonyl (C=O) groups is 1. The van der Waals surface area contributed by atoms with Crippen LogP contribution in [0.15, 0.2) is 42.5 Å². The van der Waals surface area contributed by atoms with Crippen LogP contribution in [-0.2, 0) is 6.54 Å². The molecular weight excluding hydrogens is 397 g/mol. The van der Waals surface area contributed by atoms with Crippen molar-refractivity contribution in [2.75, 3.05) is 33.9 Å². The van der Waals surface area contributed by atoms with Crippen molar-refractivity contribution in [2.45, 2.75) is 19.4 Å². The second-order valence-electron chi connectivity index (χ2n) is 8.00. The number of H-pyrrole nitrogens is 1. The molecule has 0 spiro atoms. The van der Waals surface area contributed by atoms with Crippen LogP contribution in [0.3, 0.4) is 0 Å². The maximum Gasteiger partial charge on any atom is 0.267 e. The predicted molar refractivity (Wildman–Crippen MR) is 118 cm³/mol. The summed E-state index contributed by atoms with van der Waals surface area (Å²) in [6.07, 6.45) is 2.07. The smallest absolute Gasteiger partial charge is 0.267 e. The second kappa shape index (κ2) is 9.39. The van der Waals surface area contributed by atoms with Crippen molar-refractivity contribution in [1.29, 1.82) is 0 Å². The van der Waals surface area contributed by atoms with E-state index >= 15 is 0 Å². The van der Waals surface area contributed by atoms with Crippen molar-refractivity contribution in [3.8, 4) is 11.5 Å². The van der Waals surface area contributed by atoms with E-state index in [0.29, 0.717) is 34.8 Å². The van der Waals surface area contributed by atoms with Gasteiger partial charge in [0.05, 0.1) is 19.7 Å². The van der Waals surface area contributed by atoms with E-state index in [1.165, 1.54) is 18.7 Å². The molecule has 6 nitrogen and oxygen atoms in total. The summed E-state index contributed by atoms with van der Waals surface area (Å²) in [6.45, 7) is 3.54. The Morgan fingerprint density at radius 1 is 1.13 bits per heavy atom. The molecule has 0 bridgehead atoms. The molecule has 0 saturated carbocycles. The molecule has 2 N–H and O–H groups in total. The minimum Gasteiger partial charge on any atom is -0.497 e. The van der Waals surface area contributed by atoms with E-state index in [-0.39, 0.29) is 11.7 Å². The number of nitrogens with one attached hydrogen (secondary N) is 2. The first-order chi connectivity index (χ1) is 15.1. The Labute approximate surface area is 181 Å². The van der Waals surface area contributed by atoms with E-state index in [4.69, 9.17) is 9.47 Å². The molecule has 7 heteroatoms. The number of carbonyl (C=O) groups excluding carboxylic acids is 1. The number of benzene rings is 2. The summed E-state index contributed by atoms with van der Waals surface area (Å²) in [7, 11) is 3.19. The van der Waals surface area contributed by atoms with Gasteiger partial charge in [0.2, 0.25) is 0 Å². The fourth-order valence-electron chi connectivity index (χ4n) is 4.12. The molecule has 164 valence electrons. The van der Waals surface area contributed by atoms with Gasteiger partial charge in [-0.15, -0.1) is 0 Å². The van der Waals surface area contributed by atoms with Gasteiger partial charge in [0, 0.05) is 18.5 Å². The third-order valence-corrected chi connectivity index (χ3v) is 5.99. The Balaban J connectivity index is 1.28. The number of hydrogen-bond donors (Lipinski definition) is 2. The highest BCUT2D eigenvalue weighted by Gasteiger charge is 2.21. The van der Waals surface area contributed by atoms with Crippen molar-refractivity contribution in [3.63, 3.8) is 0 Å². The third-order valence-electron chi connectivity index (χ3n) is 5.99. The quantitative estimate of drug-likeness (QED) is 0.601. The first-order valence-electron chi connectivity index (χ1n) is 10.6. The fourth-order valence-corrected chi connectivity index (χ4v) is 4.12. The third kappa shape index (κ3) is 4.82. The van der Waals surface area contributed by atoms with Crippen LogP contribution >= 0.6 is 0 Å². The first-order valence-corrected chi connectivity index (χ1v) is 10.6. The SMILES string of the molecule is COc1ccc(CN2CCC(CNC(=O)c3cc4c(F)ccc(OC)c4[nH]3)CC2)cc1. The average Bonchev–Trinajstić information content (AvgIpc) is 3.26. The van der Waals surface area contributed by atoms with Gasteiger partial charge in [-0.2, -0.15) is 0 Å². The Hall–Kier alpha value is -3.06. The summed E-state index contributed by atoms with van der Waals surface area (Å²) in [5.41, 5.74) is 2.11. The zero-order valence-corrected chi connectivity index (χ0v) is 17.9. The van der Waals surface area contributed by atoms with Crippen LogP contribution in [0.25, 0.3) is 10.9 Å². The van der Waals surface area contributed by atoms with Gasteiger partial charge in [0.1, 0.15) is 23.0 Å². The molecule has 1 aromatic heterocycles. The molecular formula is C24H28FN3O3. The standard InChI is InChI=1S/C24H28FN3O3/c1-30-18-5-3-17(4-6-18)15-28-11-9-16(10-12-28)14-26-24(29)21-13-19-20(25)7-8-22(31-2)23(19)27-21/h3-8,13,16,27H,9-12,14-15H2,1-2H3,(H,26,29). The number of aromatic nitrogens is 1. The number of piperidine rings is 1. The molecule has 1 saturated heterocycles. The normalized spacial score (nSPS) is 15.2. The topological polar surface area (TPSA) is 66.6 Å². The van der Waals surface area contributed by atoms with Crippen LogP contribution in [0, 0.1) is 11.7 Å². The number of amides is 1. The Bertz CT molecular complexity index is 1040. The van der Waals surface area contributed by atoms with Gasteiger partial charge < -0.3 is 19.8 Å². The monoisotopic (exact) mass is 425 g/mol. The van der Waals surface area contributed by atoms with Crippen molar-refractivity contribution in [2.24, 2.45) is 5.92 Å². The van der Waals surface area contributed by atoms with E-state index in [0.717, 1.165) is 38.2 Å². The molecule has 1 fully saturated rings. The van der Waals surface area contributed by atoms with Gasteiger partial charge in [0.25, 0.3) is 5.91 Å². The predicted octanol–water partition coefficient (Wildman–Crippen LogP) is 3.97. The molecule has 0 unspecified atom stereocenters. The molecule has 3 aromatic rings. The number of aromatic amines is 1. The largest absolute Gasteiger partial charge is 0.497 e. The highest BCUT2D eigenvalue weighted by molar-refractivity contribution is 5.99. The van der Waals surface area contributed by atoms with Crippen LogP contribution < -0.4 is 14.8 Å². The van der Waals surface area contributed by atoms with Crippen LogP contribution in [0.1, 0.15) is 28.9 Å². The first kappa shape index (κ1) is 21.2. The summed E-state index contributed by atoms with van der Waals surface area (Å²) in [6, 6.07) is 12.6. The highest BCUT2D eigenvalue weighted by atomic mass is 19.1. The number of fused-ring (bicyclic) bond motifs is 1. The Morgan fingerprint density at radius 2 is 1.87 bits per heavy atom. The van der Waals surface area contributed by atoms with Gasteiger partial charge in [-0.25, -0.2) is 4.39 Å². The highest BCUT2D eigenvalue weighted by Crippen LogP contribution is 2.28. The van der Waals surface area contributed by atoms with Crippen LogP contribution in [0.4, 0.5) is 4.39 Å². The van der Waals surface area contributed by atoms with E-state index in [9.17, 15) is 9.18 Å². The summed E-state index contributed by atoms with van der Waals surface area (Å²) < 4.78 is 24.5. The molecule has 4 rings (SSSR count). The van der Waals surface area contributed by atoms with Gasteiger partial charge in [-0.05, 0) is 67.7 Å². The summed E-state index contributed by atoms with van der Waals surface area (Å²) >= 11 is 0. The number of likely N-dealkylation sites (tertiary alicyclic amines) is 1. The zero-order chi connectivity index (χ0) is 21.8. The number of nitrogens with zero attached hydrogens (tertiary/aromatic N) is 1. The molecule has 2 aromatic carbocycles. The van der Waals surface area contributed by atoms with Gasteiger partial charge >= 0.3 is 0 Å². The summed E-state index contributed by atoms with van der Waals surface area (Å²) in [5.74, 6) is 1.22. The minimum absolute atomic E-state index is 0.224. The lowest BCUT2D eigenvalue weighted by Gasteiger charge is -2.32. The Morgan fingerprint density at radius 3 is 2.55 bits per heavy atom. The number of methoxy groups -OCH3 is 2. The molecule has 2 heterocycles. The number of halogens is 1.